The van der Waals surface area contributed by atoms with Crippen molar-refractivity contribution in [1.82, 2.24) is 15.5 Å². The summed E-state index contributed by atoms with van der Waals surface area (Å²) in [6, 6.07) is 10.4. The molecule has 3 rings (SSSR count). The second kappa shape index (κ2) is 8.64. The molecule has 0 bridgehead atoms. The molecule has 0 saturated heterocycles. The zero-order valence-corrected chi connectivity index (χ0v) is 17.0. The molecule has 1 N–H and O–H groups in total. The zero-order valence-electron chi connectivity index (χ0n) is 17.0. The van der Waals surface area contributed by atoms with E-state index in [1.165, 1.54) is 21.3 Å². The number of aryl methyl sites for hydroxylation is 1. The van der Waals surface area contributed by atoms with E-state index in [1.54, 1.807) is 19.1 Å². The molecule has 0 radical (unpaired) electrons. The summed E-state index contributed by atoms with van der Waals surface area (Å²) in [6.07, 6.45) is 0. The number of ether oxygens (including phenoxy) is 3. The molecule has 1 heterocycles. The van der Waals surface area contributed by atoms with Crippen LogP contribution in [0.15, 0.2) is 40.9 Å². The molecule has 2 aromatic carbocycles. The average molecular weight is 397 g/mol. The van der Waals surface area contributed by atoms with E-state index in [0.717, 1.165) is 11.1 Å². The van der Waals surface area contributed by atoms with Gasteiger partial charge in [-0.25, -0.2) is 0 Å². The number of methoxy groups -OCH3 is 3. The minimum Gasteiger partial charge on any atom is -0.493 e. The molecule has 8 heteroatoms. The Hall–Kier alpha value is -3.55. The van der Waals surface area contributed by atoms with Gasteiger partial charge < -0.3 is 24.1 Å². The Labute approximate surface area is 168 Å². The summed E-state index contributed by atoms with van der Waals surface area (Å²) >= 11 is 0. The molecule has 3 aromatic rings. The van der Waals surface area contributed by atoms with Crippen LogP contribution < -0.4 is 19.5 Å². The molecule has 0 aliphatic heterocycles. The molecule has 0 spiro atoms. The Morgan fingerprint density at radius 1 is 1.07 bits per heavy atom. The van der Waals surface area contributed by atoms with Gasteiger partial charge in [0.15, 0.2) is 11.5 Å². The standard InChI is InChI=1S/C21H23N3O5/c1-12-8-6-7-9-15(12)19-23-21(29-24-19)13(2)22-20(25)14-10-16(26-3)18(28-5)17(11-14)27-4/h6-11,13H,1-5H3,(H,22,25)/t13-/m1/s1. The third-order valence-corrected chi connectivity index (χ3v) is 4.47. The molecule has 0 saturated carbocycles. The van der Waals surface area contributed by atoms with Crippen molar-refractivity contribution in [3.8, 4) is 28.6 Å². The number of amides is 1. The highest BCUT2D eigenvalue weighted by atomic mass is 16.5. The Morgan fingerprint density at radius 3 is 2.31 bits per heavy atom. The van der Waals surface area contributed by atoms with Crippen LogP contribution >= 0.6 is 0 Å². The first kappa shape index (κ1) is 20.2. The van der Waals surface area contributed by atoms with Crippen molar-refractivity contribution in [1.29, 1.82) is 0 Å². The van der Waals surface area contributed by atoms with E-state index in [9.17, 15) is 4.79 Å². The average Bonchev–Trinajstić information content (AvgIpc) is 3.23. The summed E-state index contributed by atoms with van der Waals surface area (Å²) < 4.78 is 21.2. The SMILES string of the molecule is COc1cc(C(=O)N[C@H](C)c2nc(-c3ccccc3C)no2)cc(OC)c1OC. The maximum Gasteiger partial charge on any atom is 0.252 e. The van der Waals surface area contributed by atoms with Crippen molar-refractivity contribution in [3.63, 3.8) is 0 Å². The van der Waals surface area contributed by atoms with Gasteiger partial charge in [-0.05, 0) is 31.5 Å². The topological polar surface area (TPSA) is 95.7 Å². The molecular formula is C21H23N3O5. The molecule has 1 amide bonds. The number of carbonyl (C=O) groups is 1. The Kier molecular flexibility index (Phi) is 6.01. The molecule has 29 heavy (non-hydrogen) atoms. The van der Waals surface area contributed by atoms with Gasteiger partial charge in [0.25, 0.3) is 5.91 Å². The predicted octanol–water partition coefficient (Wildman–Crippen LogP) is 3.56. The van der Waals surface area contributed by atoms with Crippen LogP contribution in [0.1, 0.15) is 34.8 Å². The van der Waals surface area contributed by atoms with Crippen molar-refractivity contribution in [2.75, 3.05) is 21.3 Å². The van der Waals surface area contributed by atoms with Crippen molar-refractivity contribution < 1.29 is 23.5 Å². The molecule has 8 nitrogen and oxygen atoms in total. The fourth-order valence-corrected chi connectivity index (χ4v) is 2.90. The van der Waals surface area contributed by atoms with Gasteiger partial charge in [0.1, 0.15) is 6.04 Å². The number of hydrogen-bond acceptors (Lipinski definition) is 7. The highest BCUT2D eigenvalue weighted by Gasteiger charge is 2.21. The quantitative estimate of drug-likeness (QED) is 0.651. The van der Waals surface area contributed by atoms with Gasteiger partial charge in [0.05, 0.1) is 21.3 Å². The van der Waals surface area contributed by atoms with Crippen molar-refractivity contribution in [3.05, 3.63) is 53.4 Å². The lowest BCUT2D eigenvalue weighted by Crippen LogP contribution is -2.27. The van der Waals surface area contributed by atoms with E-state index in [4.69, 9.17) is 18.7 Å². The summed E-state index contributed by atoms with van der Waals surface area (Å²) in [5.41, 5.74) is 2.27. The largest absolute Gasteiger partial charge is 0.493 e. The number of carbonyl (C=O) groups excluding carboxylic acids is 1. The first-order valence-corrected chi connectivity index (χ1v) is 8.99. The number of nitrogens with one attached hydrogen (secondary N) is 1. The van der Waals surface area contributed by atoms with Crippen LogP contribution in [0.25, 0.3) is 11.4 Å². The van der Waals surface area contributed by atoms with Crippen LogP contribution in [0, 0.1) is 6.92 Å². The fourth-order valence-electron chi connectivity index (χ4n) is 2.90. The highest BCUT2D eigenvalue weighted by molar-refractivity contribution is 5.95. The number of aromatic nitrogens is 2. The summed E-state index contributed by atoms with van der Waals surface area (Å²) in [7, 11) is 4.49. The van der Waals surface area contributed by atoms with E-state index in [1.807, 2.05) is 31.2 Å². The third kappa shape index (κ3) is 4.16. The summed E-state index contributed by atoms with van der Waals surface area (Å²) in [5.74, 6) is 1.65. The van der Waals surface area contributed by atoms with Gasteiger partial charge in [-0.2, -0.15) is 4.98 Å². The number of hydrogen-bond donors (Lipinski definition) is 1. The maximum absolute atomic E-state index is 12.7. The summed E-state index contributed by atoms with van der Waals surface area (Å²) in [4.78, 5) is 17.2. The Bertz CT molecular complexity index is 990. The van der Waals surface area contributed by atoms with E-state index < -0.39 is 6.04 Å². The molecule has 0 aliphatic carbocycles. The maximum atomic E-state index is 12.7. The molecule has 0 unspecified atom stereocenters. The van der Waals surface area contributed by atoms with Crippen LogP contribution in [0.4, 0.5) is 0 Å². The van der Waals surface area contributed by atoms with Crippen molar-refractivity contribution >= 4 is 5.91 Å². The number of benzene rings is 2. The van der Waals surface area contributed by atoms with E-state index in [0.29, 0.717) is 34.5 Å². The second-order valence-electron chi connectivity index (χ2n) is 6.38. The van der Waals surface area contributed by atoms with E-state index >= 15 is 0 Å². The van der Waals surface area contributed by atoms with Gasteiger partial charge in [0, 0.05) is 11.1 Å². The van der Waals surface area contributed by atoms with Gasteiger partial charge in [-0.15, -0.1) is 0 Å². The lowest BCUT2D eigenvalue weighted by molar-refractivity contribution is 0.0931. The fraction of sp³-hybridized carbons (Fsp3) is 0.286. The first-order chi connectivity index (χ1) is 14.0. The van der Waals surface area contributed by atoms with Crippen LogP contribution in [0.2, 0.25) is 0 Å². The van der Waals surface area contributed by atoms with Crippen LogP contribution in [0.5, 0.6) is 17.2 Å². The molecule has 152 valence electrons. The van der Waals surface area contributed by atoms with Gasteiger partial charge in [0.2, 0.25) is 17.5 Å². The van der Waals surface area contributed by atoms with Gasteiger partial charge in [-0.3, -0.25) is 4.79 Å². The zero-order chi connectivity index (χ0) is 21.0. The lowest BCUT2D eigenvalue weighted by atomic mass is 10.1. The third-order valence-electron chi connectivity index (χ3n) is 4.47. The molecular weight excluding hydrogens is 374 g/mol. The minimum absolute atomic E-state index is 0.309. The highest BCUT2D eigenvalue weighted by Crippen LogP contribution is 2.38. The minimum atomic E-state index is -0.494. The summed E-state index contributed by atoms with van der Waals surface area (Å²) in [6.45, 7) is 3.74. The smallest absolute Gasteiger partial charge is 0.252 e. The van der Waals surface area contributed by atoms with Crippen LogP contribution in [-0.2, 0) is 0 Å². The monoisotopic (exact) mass is 397 g/mol. The van der Waals surface area contributed by atoms with E-state index in [2.05, 4.69) is 15.5 Å². The van der Waals surface area contributed by atoms with Crippen molar-refractivity contribution in [2.45, 2.75) is 19.9 Å². The molecule has 1 aromatic heterocycles. The Morgan fingerprint density at radius 2 is 1.72 bits per heavy atom. The molecule has 1 atom stereocenters. The number of rotatable bonds is 7. The predicted molar refractivity (Wildman–Crippen MR) is 106 cm³/mol. The van der Waals surface area contributed by atoms with Crippen molar-refractivity contribution in [2.24, 2.45) is 0 Å². The number of nitrogens with zero attached hydrogens (tertiary/aromatic N) is 2. The summed E-state index contributed by atoms with van der Waals surface area (Å²) in [5, 5.41) is 6.88. The van der Waals surface area contributed by atoms with Crippen LogP contribution in [0.3, 0.4) is 0 Å². The Balaban J connectivity index is 1.80. The molecule has 0 aliphatic rings. The van der Waals surface area contributed by atoms with Gasteiger partial charge in [-0.1, -0.05) is 29.4 Å². The normalized spacial score (nSPS) is 11.6. The van der Waals surface area contributed by atoms with E-state index in [-0.39, 0.29) is 5.91 Å². The second-order valence-corrected chi connectivity index (χ2v) is 6.38. The molecule has 0 fully saturated rings. The van der Waals surface area contributed by atoms with Crippen LogP contribution in [-0.4, -0.2) is 37.4 Å². The first-order valence-electron chi connectivity index (χ1n) is 8.99. The lowest BCUT2D eigenvalue weighted by Gasteiger charge is -2.15. The van der Waals surface area contributed by atoms with Gasteiger partial charge >= 0.3 is 0 Å².